The Balaban J connectivity index is 0.000000180. The van der Waals surface area contributed by atoms with Gasteiger partial charge in [-0.15, -0.1) is 23.7 Å². The third-order valence-electron chi connectivity index (χ3n) is 4.79. The van der Waals surface area contributed by atoms with E-state index in [4.69, 9.17) is 0 Å². The van der Waals surface area contributed by atoms with E-state index in [1.807, 2.05) is 0 Å². The molecule has 1 saturated carbocycles. The van der Waals surface area contributed by atoms with E-state index in [-0.39, 0.29) is 34.5 Å². The van der Waals surface area contributed by atoms with E-state index in [1.54, 1.807) is 27.7 Å². The lowest BCUT2D eigenvalue weighted by atomic mass is 9.71. The monoisotopic (exact) mass is 334 g/mol. The van der Waals surface area contributed by atoms with Crippen molar-refractivity contribution in [2.24, 2.45) is 11.8 Å². The van der Waals surface area contributed by atoms with Crippen LogP contribution in [0.4, 0.5) is 0 Å². The van der Waals surface area contributed by atoms with Gasteiger partial charge in [-0.3, -0.25) is 0 Å². The Kier molecular flexibility index (Phi) is 6.41. The van der Waals surface area contributed by atoms with E-state index < -0.39 is 24.4 Å². The first-order valence-corrected chi connectivity index (χ1v) is 7.70. The van der Waals surface area contributed by atoms with Crippen LogP contribution in [0.2, 0.25) is 0 Å². The average Bonchev–Trinajstić information content (AvgIpc) is 2.63. The highest BCUT2D eigenvalue weighted by Crippen LogP contribution is 2.29. The summed E-state index contributed by atoms with van der Waals surface area (Å²) < 4.78 is 0. The van der Waals surface area contributed by atoms with Crippen molar-refractivity contribution in [1.29, 1.82) is 0 Å². The van der Waals surface area contributed by atoms with E-state index in [9.17, 15) is 30.6 Å². The zero-order chi connectivity index (χ0) is 18.9. The molecule has 3 rings (SSSR count). The third kappa shape index (κ3) is 3.57. The molecule has 3 aliphatic carbocycles. The molecule has 3 aliphatic rings. The van der Waals surface area contributed by atoms with Gasteiger partial charge in [-0.2, -0.15) is 0 Å². The minimum atomic E-state index is -0.900. The second-order valence-corrected chi connectivity index (χ2v) is 6.48. The molecule has 0 aromatic rings. The topological polar surface area (TPSA) is 138 Å². The number of hydrogen-bond acceptors (Lipinski definition) is 6. The van der Waals surface area contributed by atoms with Gasteiger partial charge in [0.1, 0.15) is 0 Å². The Morgan fingerprint density at radius 2 is 0.917 bits per heavy atom. The lowest BCUT2D eigenvalue weighted by Crippen LogP contribution is -2.64. The summed E-state index contributed by atoms with van der Waals surface area (Å²) in [5.41, 5.74) is 1.22. The molecule has 0 aliphatic heterocycles. The maximum atomic E-state index is 10.7. The van der Waals surface area contributed by atoms with Crippen LogP contribution in [0.3, 0.4) is 0 Å². The van der Waals surface area contributed by atoms with Crippen molar-refractivity contribution in [3.63, 3.8) is 0 Å². The highest BCUT2D eigenvalue weighted by atomic mass is 16.3. The van der Waals surface area contributed by atoms with Crippen LogP contribution in [0, 0.1) is 11.8 Å². The van der Waals surface area contributed by atoms with Crippen molar-refractivity contribution in [1.82, 2.24) is 0 Å². The van der Waals surface area contributed by atoms with Crippen LogP contribution in [0.15, 0.2) is 47.0 Å². The van der Waals surface area contributed by atoms with Crippen molar-refractivity contribution < 1.29 is 30.6 Å². The highest BCUT2D eigenvalue weighted by Gasteiger charge is 2.28. The zero-order valence-corrected chi connectivity index (χ0v) is 14.3. The average molecular weight is 334 g/mol. The van der Waals surface area contributed by atoms with E-state index >= 15 is 0 Å². The van der Waals surface area contributed by atoms with Crippen LogP contribution < -0.4 is 30.6 Å². The predicted octanol–water partition coefficient (Wildman–Crippen LogP) is -3.43. The van der Waals surface area contributed by atoms with Crippen molar-refractivity contribution >= 4 is 0 Å². The summed E-state index contributed by atoms with van der Waals surface area (Å²) >= 11 is 0. The fourth-order valence-electron chi connectivity index (χ4n) is 2.54. The molecule has 24 heavy (non-hydrogen) atoms. The molecule has 2 unspecified atom stereocenters. The van der Waals surface area contributed by atoms with Crippen LogP contribution in [-0.4, -0.2) is 24.4 Å². The van der Waals surface area contributed by atoms with Crippen LogP contribution in [-0.2, 0) is 0 Å². The third-order valence-corrected chi connectivity index (χ3v) is 4.79. The van der Waals surface area contributed by atoms with Crippen molar-refractivity contribution in [2.75, 3.05) is 0 Å². The van der Waals surface area contributed by atoms with Gasteiger partial charge in [-0.25, -0.2) is 0 Å². The number of hydrogen-bond donors (Lipinski definition) is 0. The molecule has 0 bridgehead atoms. The van der Waals surface area contributed by atoms with E-state index in [1.165, 1.54) is 0 Å². The molecule has 0 aromatic carbocycles. The molecule has 0 radical (unpaired) electrons. The second kappa shape index (κ2) is 7.53. The molecule has 0 amide bonds. The zero-order valence-electron chi connectivity index (χ0n) is 14.3. The summed E-state index contributed by atoms with van der Waals surface area (Å²) in [5, 5.41) is 63.2. The minimum Gasteiger partial charge on any atom is -0.872 e. The van der Waals surface area contributed by atoms with Gasteiger partial charge in [0.25, 0.3) is 0 Å². The quantitative estimate of drug-likeness (QED) is 0.452. The smallest absolute Gasteiger partial charge is 0.0450 e. The molecule has 1 fully saturated rings. The molecule has 0 saturated heterocycles. The molecule has 136 valence electrons. The maximum absolute atomic E-state index is 10.7. The van der Waals surface area contributed by atoms with Gasteiger partial charge >= 0.3 is 0 Å². The number of rotatable bonds is 0. The van der Waals surface area contributed by atoms with Gasteiger partial charge in [0.05, 0.1) is 0 Å². The molecule has 0 spiro atoms. The minimum absolute atomic E-state index is 0.134. The predicted molar refractivity (Wildman–Crippen MR) is 77.2 cm³/mol. The van der Waals surface area contributed by atoms with Gasteiger partial charge in [0.2, 0.25) is 0 Å². The first kappa shape index (κ1) is 20.4. The second-order valence-electron chi connectivity index (χ2n) is 6.48. The summed E-state index contributed by atoms with van der Waals surface area (Å²) in [6.45, 7) is 13.1. The normalized spacial score (nSPS) is 37.3. The van der Waals surface area contributed by atoms with E-state index in [0.29, 0.717) is 11.1 Å². The Labute approximate surface area is 142 Å². The Morgan fingerprint density at radius 3 is 1.00 bits per heavy atom. The van der Waals surface area contributed by atoms with Gasteiger partial charge in [0.15, 0.2) is 0 Å². The standard InChI is InChI=1S/C6H10O2.2C6H7O2/c3*1-3-5(7)4(2)6(3)8/h3-6H,1-2H3;2*5,8H,1H2,2H3/q-2;2*-1/p-2. The molecule has 0 aromatic heterocycles. The molecule has 0 heterocycles. The SMILES string of the molecule is C=C1C([O-])=C(C)C1[O-].C=C1C([O-])=C(C)C1[O-].CC1C([O-])C(C)C1[O-]. The Hall–Kier alpha value is -1.60. The molecular weight excluding hydrogens is 312 g/mol. The summed E-state index contributed by atoms with van der Waals surface area (Å²) in [7, 11) is 0. The lowest BCUT2D eigenvalue weighted by molar-refractivity contribution is -0.558. The largest absolute Gasteiger partial charge is 0.872 e. The van der Waals surface area contributed by atoms with Crippen molar-refractivity contribution in [3.05, 3.63) is 47.0 Å². The Bertz CT molecular complexity index is 516. The van der Waals surface area contributed by atoms with Crippen LogP contribution in [0.5, 0.6) is 0 Å². The van der Waals surface area contributed by atoms with Crippen LogP contribution in [0.25, 0.3) is 0 Å². The van der Waals surface area contributed by atoms with Crippen LogP contribution >= 0.6 is 0 Å². The van der Waals surface area contributed by atoms with Crippen molar-refractivity contribution in [2.45, 2.75) is 52.1 Å². The molecular formula is C18H22O6-6. The first-order valence-electron chi connectivity index (χ1n) is 7.70. The molecule has 6 nitrogen and oxygen atoms in total. The summed E-state index contributed by atoms with van der Waals surface area (Å²) in [6.07, 6.45) is -2.97. The van der Waals surface area contributed by atoms with Gasteiger partial charge in [0, 0.05) is 0 Å². The van der Waals surface area contributed by atoms with Gasteiger partial charge in [-0.1, -0.05) is 73.3 Å². The van der Waals surface area contributed by atoms with Gasteiger partial charge < -0.3 is 30.6 Å². The fourth-order valence-corrected chi connectivity index (χ4v) is 2.54. The van der Waals surface area contributed by atoms with Gasteiger partial charge in [-0.05, 0) is 13.8 Å². The first-order chi connectivity index (χ1) is 10.9. The molecule has 2 atom stereocenters. The summed E-state index contributed by atoms with van der Waals surface area (Å²) in [5.74, 6) is -0.565. The highest BCUT2D eigenvalue weighted by molar-refractivity contribution is 5.45. The van der Waals surface area contributed by atoms with E-state index in [0.717, 1.165) is 0 Å². The van der Waals surface area contributed by atoms with Crippen molar-refractivity contribution in [3.8, 4) is 0 Å². The maximum Gasteiger partial charge on any atom is -0.0450 e. The molecule has 6 heteroatoms. The molecule has 0 N–H and O–H groups in total. The Morgan fingerprint density at radius 1 is 0.667 bits per heavy atom. The summed E-state index contributed by atoms with van der Waals surface area (Å²) in [6, 6.07) is 0. The van der Waals surface area contributed by atoms with Crippen LogP contribution in [0.1, 0.15) is 27.7 Å². The van der Waals surface area contributed by atoms with E-state index in [2.05, 4.69) is 13.2 Å². The lowest BCUT2D eigenvalue weighted by Gasteiger charge is -2.58. The fraction of sp³-hybridized carbons (Fsp3) is 0.556. The summed E-state index contributed by atoms with van der Waals surface area (Å²) in [4.78, 5) is 0.